The summed E-state index contributed by atoms with van der Waals surface area (Å²) in [7, 11) is 1.85. The fourth-order valence-electron chi connectivity index (χ4n) is 2.44. The quantitative estimate of drug-likeness (QED) is 0.927. The standard InChI is InChI=1S/C15H19FN4O/c1-19-7-4-12(18-19)11-21-13-2-3-15(14(16)10-13)20-8-5-17-6-9-20/h2-4,7,10,17H,5-6,8-9,11H2,1H3. The van der Waals surface area contributed by atoms with Crippen molar-refractivity contribution < 1.29 is 9.13 Å². The molecule has 1 saturated heterocycles. The third kappa shape index (κ3) is 3.33. The first kappa shape index (κ1) is 13.9. The number of ether oxygens (including phenoxy) is 1. The topological polar surface area (TPSA) is 42.3 Å². The van der Waals surface area contributed by atoms with Gasteiger partial charge in [0.25, 0.3) is 0 Å². The van der Waals surface area contributed by atoms with Gasteiger partial charge in [-0.05, 0) is 18.2 Å². The SMILES string of the molecule is Cn1ccc(COc2ccc(N3CCNCC3)c(F)c2)n1. The molecule has 2 aromatic rings. The molecule has 0 aliphatic carbocycles. The Morgan fingerprint density at radius 3 is 2.76 bits per heavy atom. The van der Waals surface area contributed by atoms with E-state index in [2.05, 4.69) is 10.4 Å². The minimum Gasteiger partial charge on any atom is -0.487 e. The van der Waals surface area contributed by atoms with Gasteiger partial charge in [0.05, 0.1) is 11.4 Å². The molecule has 1 aromatic carbocycles. The van der Waals surface area contributed by atoms with Crippen molar-refractivity contribution >= 4 is 5.69 Å². The van der Waals surface area contributed by atoms with Crippen LogP contribution < -0.4 is 15.0 Å². The number of piperazine rings is 1. The number of rotatable bonds is 4. The van der Waals surface area contributed by atoms with Gasteiger partial charge in [0.15, 0.2) is 0 Å². The maximum atomic E-state index is 14.2. The molecule has 1 aromatic heterocycles. The van der Waals surface area contributed by atoms with Gasteiger partial charge in [0, 0.05) is 45.5 Å². The molecule has 5 nitrogen and oxygen atoms in total. The largest absolute Gasteiger partial charge is 0.487 e. The Bertz CT molecular complexity index is 607. The number of halogens is 1. The number of anilines is 1. The van der Waals surface area contributed by atoms with Crippen LogP contribution in [0.15, 0.2) is 30.5 Å². The fourth-order valence-corrected chi connectivity index (χ4v) is 2.44. The van der Waals surface area contributed by atoms with Gasteiger partial charge in [-0.25, -0.2) is 4.39 Å². The molecule has 1 aliphatic rings. The number of nitrogens with one attached hydrogen (secondary N) is 1. The van der Waals surface area contributed by atoms with Crippen molar-refractivity contribution in [2.45, 2.75) is 6.61 Å². The zero-order valence-corrected chi connectivity index (χ0v) is 12.1. The van der Waals surface area contributed by atoms with Crippen LogP contribution in [0.2, 0.25) is 0 Å². The lowest BCUT2D eigenvalue weighted by molar-refractivity contribution is 0.298. The summed E-state index contributed by atoms with van der Waals surface area (Å²) in [5, 5.41) is 7.48. The zero-order valence-electron chi connectivity index (χ0n) is 12.1. The average molecular weight is 290 g/mol. The van der Waals surface area contributed by atoms with Crippen molar-refractivity contribution in [1.82, 2.24) is 15.1 Å². The number of aromatic nitrogens is 2. The van der Waals surface area contributed by atoms with E-state index in [0.717, 1.165) is 31.9 Å². The molecule has 1 aliphatic heterocycles. The van der Waals surface area contributed by atoms with Gasteiger partial charge in [0.2, 0.25) is 0 Å². The van der Waals surface area contributed by atoms with E-state index in [9.17, 15) is 4.39 Å². The van der Waals surface area contributed by atoms with Crippen molar-refractivity contribution in [3.63, 3.8) is 0 Å². The average Bonchev–Trinajstić information content (AvgIpc) is 2.92. The summed E-state index contributed by atoms with van der Waals surface area (Å²) in [6.45, 7) is 3.76. The Labute approximate surface area is 123 Å². The van der Waals surface area contributed by atoms with Crippen molar-refractivity contribution in [1.29, 1.82) is 0 Å². The van der Waals surface area contributed by atoms with Crippen LogP contribution >= 0.6 is 0 Å². The summed E-state index contributed by atoms with van der Waals surface area (Å²) < 4.78 is 21.5. The Balaban J connectivity index is 1.65. The van der Waals surface area contributed by atoms with Crippen molar-refractivity contribution in [2.24, 2.45) is 7.05 Å². The Morgan fingerprint density at radius 1 is 1.29 bits per heavy atom. The highest BCUT2D eigenvalue weighted by Gasteiger charge is 2.15. The van der Waals surface area contributed by atoms with Crippen LogP contribution in [-0.4, -0.2) is 36.0 Å². The summed E-state index contributed by atoms with van der Waals surface area (Å²) in [5.74, 6) is 0.285. The first-order chi connectivity index (χ1) is 10.2. The van der Waals surface area contributed by atoms with Crippen LogP contribution in [0.4, 0.5) is 10.1 Å². The molecule has 0 spiro atoms. The normalized spacial score (nSPS) is 15.2. The number of hydrogen-bond acceptors (Lipinski definition) is 4. The summed E-state index contributed by atoms with van der Waals surface area (Å²) >= 11 is 0. The monoisotopic (exact) mass is 290 g/mol. The maximum absolute atomic E-state index is 14.2. The summed E-state index contributed by atoms with van der Waals surface area (Å²) in [4.78, 5) is 2.05. The molecule has 6 heteroatoms. The third-order valence-corrected chi connectivity index (χ3v) is 3.53. The lowest BCUT2D eigenvalue weighted by atomic mass is 10.2. The summed E-state index contributed by atoms with van der Waals surface area (Å²) in [6, 6.07) is 6.92. The van der Waals surface area contributed by atoms with Crippen LogP contribution in [0.5, 0.6) is 5.75 Å². The molecule has 0 unspecified atom stereocenters. The highest BCUT2D eigenvalue weighted by atomic mass is 19.1. The molecule has 112 valence electrons. The van der Waals surface area contributed by atoms with Gasteiger partial charge in [-0.15, -0.1) is 0 Å². The third-order valence-electron chi connectivity index (χ3n) is 3.53. The van der Waals surface area contributed by atoms with Crippen LogP contribution in [0.25, 0.3) is 0 Å². The van der Waals surface area contributed by atoms with Gasteiger partial charge in [-0.3, -0.25) is 4.68 Å². The van der Waals surface area contributed by atoms with E-state index in [-0.39, 0.29) is 5.82 Å². The van der Waals surface area contributed by atoms with Crippen molar-refractivity contribution in [2.75, 3.05) is 31.1 Å². The van der Waals surface area contributed by atoms with E-state index < -0.39 is 0 Å². The molecule has 0 saturated carbocycles. The van der Waals surface area contributed by atoms with Crippen LogP contribution in [0.3, 0.4) is 0 Å². The van der Waals surface area contributed by atoms with Crippen molar-refractivity contribution in [3.8, 4) is 5.75 Å². The second kappa shape index (κ2) is 6.13. The van der Waals surface area contributed by atoms with Gasteiger partial charge in [0.1, 0.15) is 18.2 Å². The second-order valence-corrected chi connectivity index (χ2v) is 5.12. The van der Waals surface area contributed by atoms with E-state index in [1.807, 2.05) is 30.3 Å². The molecular formula is C15H19FN4O. The van der Waals surface area contributed by atoms with Crippen LogP contribution in [0.1, 0.15) is 5.69 Å². The summed E-state index contributed by atoms with van der Waals surface area (Å²) in [6.07, 6.45) is 1.85. The lowest BCUT2D eigenvalue weighted by Crippen LogP contribution is -2.43. The highest BCUT2D eigenvalue weighted by molar-refractivity contribution is 5.51. The van der Waals surface area contributed by atoms with Gasteiger partial charge >= 0.3 is 0 Å². The van der Waals surface area contributed by atoms with E-state index >= 15 is 0 Å². The molecule has 0 bridgehead atoms. The highest BCUT2D eigenvalue weighted by Crippen LogP contribution is 2.24. The van der Waals surface area contributed by atoms with Gasteiger partial charge < -0.3 is 15.0 Å². The predicted molar refractivity (Wildman–Crippen MR) is 79.0 cm³/mol. The number of hydrogen-bond donors (Lipinski definition) is 1. The summed E-state index contributed by atoms with van der Waals surface area (Å²) in [5.41, 5.74) is 1.46. The molecule has 1 fully saturated rings. The Morgan fingerprint density at radius 2 is 2.10 bits per heavy atom. The molecule has 0 amide bonds. The number of aryl methyl sites for hydroxylation is 1. The van der Waals surface area contributed by atoms with E-state index in [1.165, 1.54) is 6.07 Å². The zero-order chi connectivity index (χ0) is 14.7. The molecule has 0 radical (unpaired) electrons. The Hall–Kier alpha value is -2.08. The molecule has 2 heterocycles. The molecule has 0 atom stereocenters. The van der Waals surface area contributed by atoms with Gasteiger partial charge in [-0.1, -0.05) is 0 Å². The smallest absolute Gasteiger partial charge is 0.150 e. The maximum Gasteiger partial charge on any atom is 0.150 e. The first-order valence-corrected chi connectivity index (χ1v) is 7.09. The number of nitrogens with zero attached hydrogens (tertiary/aromatic N) is 3. The number of benzene rings is 1. The van der Waals surface area contributed by atoms with E-state index in [1.54, 1.807) is 10.7 Å². The molecule has 21 heavy (non-hydrogen) atoms. The van der Waals surface area contributed by atoms with E-state index in [4.69, 9.17) is 4.74 Å². The van der Waals surface area contributed by atoms with E-state index in [0.29, 0.717) is 18.0 Å². The predicted octanol–water partition coefficient (Wildman–Crippen LogP) is 1.55. The molecule has 1 N–H and O–H groups in total. The lowest BCUT2D eigenvalue weighted by Gasteiger charge is -2.29. The first-order valence-electron chi connectivity index (χ1n) is 7.09. The minimum atomic E-state index is -0.240. The fraction of sp³-hybridized carbons (Fsp3) is 0.400. The second-order valence-electron chi connectivity index (χ2n) is 5.12. The van der Waals surface area contributed by atoms with Crippen LogP contribution in [-0.2, 0) is 13.7 Å². The Kier molecular flexibility index (Phi) is 4.06. The van der Waals surface area contributed by atoms with Gasteiger partial charge in [-0.2, -0.15) is 5.10 Å². The molecule has 3 rings (SSSR count). The van der Waals surface area contributed by atoms with Crippen molar-refractivity contribution in [3.05, 3.63) is 42.0 Å². The molecular weight excluding hydrogens is 271 g/mol. The van der Waals surface area contributed by atoms with Crippen LogP contribution in [0, 0.1) is 5.82 Å². The minimum absolute atomic E-state index is 0.240.